The van der Waals surface area contributed by atoms with Gasteiger partial charge in [-0.1, -0.05) is 27.7 Å². The molecule has 0 saturated carbocycles. The van der Waals surface area contributed by atoms with Crippen molar-refractivity contribution in [2.24, 2.45) is 0 Å². The molecule has 1 aliphatic heterocycles. The Kier molecular flexibility index (Phi) is 4.64. The van der Waals surface area contributed by atoms with Gasteiger partial charge in [0.1, 0.15) is 6.29 Å². The third kappa shape index (κ3) is 3.42. The standard InChI is InChI=1S/C17H27N3O/c1-12(11-21)14-13(2)18-16(19-15(14)17(3,4)5)20-9-7-6-8-10-20/h11-12H,6-10H2,1-5H3. The zero-order valence-corrected chi connectivity index (χ0v) is 13.9. The Hall–Kier alpha value is -1.45. The fourth-order valence-electron chi connectivity index (χ4n) is 2.99. The maximum Gasteiger partial charge on any atom is 0.225 e. The van der Waals surface area contributed by atoms with E-state index >= 15 is 0 Å². The molecule has 0 aliphatic carbocycles. The molecule has 21 heavy (non-hydrogen) atoms. The summed E-state index contributed by atoms with van der Waals surface area (Å²) in [4.78, 5) is 23.1. The second-order valence-electron chi connectivity index (χ2n) is 7.09. The molecule has 2 rings (SSSR count). The number of carbonyl (C=O) groups is 1. The van der Waals surface area contributed by atoms with Gasteiger partial charge in [0, 0.05) is 35.7 Å². The van der Waals surface area contributed by atoms with Crippen LogP contribution in [0.1, 0.15) is 69.8 Å². The Morgan fingerprint density at radius 1 is 1.14 bits per heavy atom. The highest BCUT2D eigenvalue weighted by molar-refractivity contribution is 5.63. The van der Waals surface area contributed by atoms with Crippen LogP contribution >= 0.6 is 0 Å². The van der Waals surface area contributed by atoms with Gasteiger partial charge < -0.3 is 9.69 Å². The van der Waals surface area contributed by atoms with E-state index < -0.39 is 0 Å². The van der Waals surface area contributed by atoms with E-state index in [1.807, 2.05) is 13.8 Å². The van der Waals surface area contributed by atoms with Gasteiger partial charge in [0.15, 0.2) is 0 Å². The van der Waals surface area contributed by atoms with Crippen molar-refractivity contribution in [1.29, 1.82) is 0 Å². The lowest BCUT2D eigenvalue weighted by Gasteiger charge is -2.30. The van der Waals surface area contributed by atoms with Crippen molar-refractivity contribution in [1.82, 2.24) is 9.97 Å². The highest BCUT2D eigenvalue weighted by Crippen LogP contribution is 2.32. The van der Waals surface area contributed by atoms with Gasteiger partial charge in [-0.3, -0.25) is 0 Å². The van der Waals surface area contributed by atoms with Crippen molar-refractivity contribution in [2.75, 3.05) is 18.0 Å². The minimum absolute atomic E-state index is 0.0924. The summed E-state index contributed by atoms with van der Waals surface area (Å²) in [6, 6.07) is 0. The van der Waals surface area contributed by atoms with E-state index in [1.54, 1.807) is 0 Å². The molecule has 4 heteroatoms. The lowest BCUT2D eigenvalue weighted by atomic mass is 9.84. The molecule has 0 amide bonds. The summed E-state index contributed by atoms with van der Waals surface area (Å²) in [6.07, 6.45) is 4.70. The van der Waals surface area contributed by atoms with Gasteiger partial charge in [0.2, 0.25) is 5.95 Å². The topological polar surface area (TPSA) is 46.1 Å². The molecule has 1 fully saturated rings. The van der Waals surface area contributed by atoms with Crippen LogP contribution in [0.2, 0.25) is 0 Å². The molecular formula is C17H27N3O. The minimum Gasteiger partial charge on any atom is -0.341 e. The molecule has 1 aliphatic rings. The molecule has 0 spiro atoms. The average Bonchev–Trinajstić information content (AvgIpc) is 2.45. The number of anilines is 1. The van der Waals surface area contributed by atoms with Crippen molar-refractivity contribution in [3.63, 3.8) is 0 Å². The van der Waals surface area contributed by atoms with Crippen LogP contribution in [0.25, 0.3) is 0 Å². The fourth-order valence-corrected chi connectivity index (χ4v) is 2.99. The summed E-state index contributed by atoms with van der Waals surface area (Å²) in [7, 11) is 0. The first-order valence-electron chi connectivity index (χ1n) is 7.94. The second-order valence-corrected chi connectivity index (χ2v) is 7.09. The third-order valence-electron chi connectivity index (χ3n) is 4.13. The van der Waals surface area contributed by atoms with Crippen LogP contribution in [0, 0.1) is 6.92 Å². The summed E-state index contributed by atoms with van der Waals surface area (Å²) < 4.78 is 0. The van der Waals surface area contributed by atoms with Crippen LogP contribution in [0.5, 0.6) is 0 Å². The Morgan fingerprint density at radius 3 is 2.29 bits per heavy atom. The highest BCUT2D eigenvalue weighted by Gasteiger charge is 2.27. The van der Waals surface area contributed by atoms with Crippen LogP contribution < -0.4 is 4.90 Å². The maximum atomic E-state index is 11.3. The van der Waals surface area contributed by atoms with E-state index in [-0.39, 0.29) is 11.3 Å². The number of rotatable bonds is 3. The van der Waals surface area contributed by atoms with E-state index in [0.717, 1.165) is 42.3 Å². The number of aldehydes is 1. The number of hydrogen-bond donors (Lipinski definition) is 0. The zero-order chi connectivity index (χ0) is 15.6. The first-order valence-corrected chi connectivity index (χ1v) is 7.94. The average molecular weight is 289 g/mol. The summed E-state index contributed by atoms with van der Waals surface area (Å²) in [5.74, 6) is 0.675. The van der Waals surface area contributed by atoms with Crippen LogP contribution in [-0.4, -0.2) is 29.3 Å². The quantitative estimate of drug-likeness (QED) is 0.800. The SMILES string of the molecule is Cc1nc(N2CCCCC2)nc(C(C)(C)C)c1C(C)C=O. The number of piperidine rings is 1. The summed E-state index contributed by atoms with van der Waals surface area (Å²) in [5.41, 5.74) is 2.86. The molecule has 0 radical (unpaired) electrons. The molecule has 0 aromatic carbocycles. The van der Waals surface area contributed by atoms with Gasteiger partial charge in [-0.05, 0) is 26.2 Å². The molecule has 0 N–H and O–H groups in total. The fraction of sp³-hybridized carbons (Fsp3) is 0.706. The van der Waals surface area contributed by atoms with Gasteiger partial charge >= 0.3 is 0 Å². The number of aryl methyl sites for hydroxylation is 1. The van der Waals surface area contributed by atoms with Crippen molar-refractivity contribution in [3.05, 3.63) is 17.0 Å². The molecule has 4 nitrogen and oxygen atoms in total. The van der Waals surface area contributed by atoms with Crippen LogP contribution in [0.3, 0.4) is 0 Å². The predicted octanol–water partition coefficient (Wildman–Crippen LogP) is 3.38. The second kappa shape index (κ2) is 6.12. The Balaban J connectivity index is 2.51. The van der Waals surface area contributed by atoms with Crippen molar-refractivity contribution in [2.45, 2.75) is 65.2 Å². The molecule has 1 unspecified atom stereocenters. The molecule has 1 aromatic heterocycles. The predicted molar refractivity (Wildman–Crippen MR) is 86.0 cm³/mol. The van der Waals surface area contributed by atoms with Gasteiger partial charge in [0.05, 0.1) is 5.69 Å². The van der Waals surface area contributed by atoms with Gasteiger partial charge in [-0.25, -0.2) is 9.97 Å². The van der Waals surface area contributed by atoms with E-state index in [1.165, 1.54) is 19.3 Å². The summed E-state index contributed by atoms with van der Waals surface area (Å²) in [5, 5.41) is 0. The third-order valence-corrected chi connectivity index (χ3v) is 4.13. The Morgan fingerprint density at radius 2 is 1.76 bits per heavy atom. The number of aromatic nitrogens is 2. The minimum atomic E-state index is -0.158. The lowest BCUT2D eigenvalue weighted by Crippen LogP contribution is -2.32. The number of carbonyl (C=O) groups excluding carboxylic acids is 1. The van der Waals surface area contributed by atoms with E-state index in [0.29, 0.717) is 0 Å². The van der Waals surface area contributed by atoms with Crippen LogP contribution in [0.15, 0.2) is 0 Å². The normalized spacial score (nSPS) is 17.7. The van der Waals surface area contributed by atoms with Crippen LogP contribution in [-0.2, 0) is 10.2 Å². The van der Waals surface area contributed by atoms with Gasteiger partial charge in [0.25, 0.3) is 0 Å². The molecule has 0 bridgehead atoms. The molecule has 1 atom stereocenters. The summed E-state index contributed by atoms with van der Waals surface area (Å²) in [6.45, 7) is 12.4. The first kappa shape index (κ1) is 15.9. The molecule has 1 aromatic rings. The van der Waals surface area contributed by atoms with Crippen molar-refractivity contribution >= 4 is 12.2 Å². The van der Waals surface area contributed by atoms with E-state index in [4.69, 9.17) is 9.97 Å². The highest BCUT2D eigenvalue weighted by atomic mass is 16.1. The van der Waals surface area contributed by atoms with E-state index in [9.17, 15) is 4.79 Å². The molecular weight excluding hydrogens is 262 g/mol. The molecule has 1 saturated heterocycles. The van der Waals surface area contributed by atoms with Crippen molar-refractivity contribution in [3.8, 4) is 0 Å². The Bertz CT molecular complexity index is 514. The summed E-state index contributed by atoms with van der Waals surface area (Å²) >= 11 is 0. The Labute approximate surface area is 128 Å². The van der Waals surface area contributed by atoms with Crippen LogP contribution in [0.4, 0.5) is 5.95 Å². The van der Waals surface area contributed by atoms with Gasteiger partial charge in [-0.2, -0.15) is 0 Å². The monoisotopic (exact) mass is 289 g/mol. The number of nitrogens with zero attached hydrogens (tertiary/aromatic N) is 3. The van der Waals surface area contributed by atoms with E-state index in [2.05, 4.69) is 25.7 Å². The molecule has 2 heterocycles. The maximum absolute atomic E-state index is 11.3. The largest absolute Gasteiger partial charge is 0.341 e. The van der Waals surface area contributed by atoms with Gasteiger partial charge in [-0.15, -0.1) is 0 Å². The lowest BCUT2D eigenvalue weighted by molar-refractivity contribution is -0.108. The number of hydrogen-bond acceptors (Lipinski definition) is 4. The van der Waals surface area contributed by atoms with Crippen molar-refractivity contribution < 1.29 is 4.79 Å². The first-order chi connectivity index (χ1) is 9.84. The zero-order valence-electron chi connectivity index (χ0n) is 13.9. The smallest absolute Gasteiger partial charge is 0.225 e. The molecule has 116 valence electrons.